The monoisotopic (exact) mass is 255 g/mol. The van der Waals surface area contributed by atoms with E-state index in [1.807, 2.05) is 13.0 Å². The van der Waals surface area contributed by atoms with Crippen LogP contribution in [0.4, 0.5) is 5.82 Å². The third-order valence-corrected chi connectivity index (χ3v) is 2.90. The predicted octanol–water partition coefficient (Wildman–Crippen LogP) is 1.56. The van der Waals surface area contributed by atoms with Gasteiger partial charge in [-0.3, -0.25) is 9.48 Å². The number of hydrogen-bond donors (Lipinski definition) is 1. The lowest BCUT2D eigenvalue weighted by molar-refractivity contribution is 0.102. The van der Waals surface area contributed by atoms with Crippen LogP contribution < -0.4 is 5.32 Å². The number of carbonyl (C=O) groups is 1. The number of amides is 1. The van der Waals surface area contributed by atoms with E-state index in [-0.39, 0.29) is 11.7 Å². The van der Waals surface area contributed by atoms with Crippen LogP contribution in [0.25, 0.3) is 0 Å². The highest BCUT2D eigenvalue weighted by Gasteiger charge is 2.18. The molecule has 2 aromatic heterocycles. The Morgan fingerprint density at radius 3 is 2.79 bits per heavy atom. The summed E-state index contributed by atoms with van der Waals surface area (Å²) in [6.45, 7) is 3.59. The van der Waals surface area contributed by atoms with E-state index in [4.69, 9.17) is 5.26 Å². The van der Waals surface area contributed by atoms with Gasteiger partial charge in [0.05, 0.1) is 16.8 Å². The first-order valence-electron chi connectivity index (χ1n) is 5.71. The van der Waals surface area contributed by atoms with Crippen molar-refractivity contribution in [2.45, 2.75) is 13.8 Å². The Morgan fingerprint density at radius 1 is 1.47 bits per heavy atom. The van der Waals surface area contributed by atoms with Crippen LogP contribution in [0.3, 0.4) is 0 Å². The molecular formula is C13H13N5O. The van der Waals surface area contributed by atoms with Gasteiger partial charge in [0.1, 0.15) is 6.07 Å². The van der Waals surface area contributed by atoms with Gasteiger partial charge in [0.2, 0.25) is 0 Å². The number of nitrogens with one attached hydrogen (secondary N) is 1. The summed E-state index contributed by atoms with van der Waals surface area (Å²) in [5.74, 6) is -0.0454. The number of aryl methyl sites for hydroxylation is 2. The zero-order chi connectivity index (χ0) is 14.0. The largest absolute Gasteiger partial charge is 0.305 e. The summed E-state index contributed by atoms with van der Waals surface area (Å²) in [4.78, 5) is 16.2. The Labute approximate surface area is 110 Å². The summed E-state index contributed by atoms with van der Waals surface area (Å²) in [5.41, 5.74) is 2.25. The fourth-order valence-corrected chi connectivity index (χ4v) is 1.87. The molecule has 0 spiro atoms. The predicted molar refractivity (Wildman–Crippen MR) is 69.6 cm³/mol. The van der Waals surface area contributed by atoms with E-state index >= 15 is 0 Å². The smallest absolute Gasteiger partial charge is 0.260 e. The molecule has 0 saturated carbocycles. The molecule has 1 amide bonds. The van der Waals surface area contributed by atoms with Crippen LogP contribution in [-0.4, -0.2) is 20.7 Å². The fourth-order valence-electron chi connectivity index (χ4n) is 1.87. The lowest BCUT2D eigenvalue weighted by Crippen LogP contribution is -2.15. The average molecular weight is 255 g/mol. The molecule has 0 radical (unpaired) electrons. The number of rotatable bonds is 2. The molecule has 0 aliphatic rings. The van der Waals surface area contributed by atoms with E-state index in [0.717, 1.165) is 5.69 Å². The molecule has 0 fully saturated rings. The Bertz CT molecular complexity index is 681. The first-order valence-corrected chi connectivity index (χ1v) is 5.71. The summed E-state index contributed by atoms with van der Waals surface area (Å²) >= 11 is 0. The molecule has 0 aromatic carbocycles. The lowest BCUT2D eigenvalue weighted by atomic mass is 10.2. The van der Waals surface area contributed by atoms with Crippen LogP contribution in [0.2, 0.25) is 0 Å². The zero-order valence-electron chi connectivity index (χ0n) is 10.9. The lowest BCUT2D eigenvalue weighted by Gasteiger charge is -2.05. The number of hydrogen-bond acceptors (Lipinski definition) is 4. The van der Waals surface area contributed by atoms with Crippen molar-refractivity contribution >= 4 is 11.7 Å². The van der Waals surface area contributed by atoms with E-state index in [2.05, 4.69) is 15.4 Å². The highest BCUT2D eigenvalue weighted by atomic mass is 16.1. The minimum atomic E-state index is -0.307. The van der Waals surface area contributed by atoms with Crippen molar-refractivity contribution in [2.75, 3.05) is 5.32 Å². The SMILES string of the molecule is Cc1nn(C)c(C)c1C(=O)Nc1ncccc1C#N. The van der Waals surface area contributed by atoms with Crippen molar-refractivity contribution in [3.63, 3.8) is 0 Å². The first kappa shape index (κ1) is 12.8. The van der Waals surface area contributed by atoms with Crippen molar-refractivity contribution < 1.29 is 4.79 Å². The van der Waals surface area contributed by atoms with E-state index in [1.54, 1.807) is 30.8 Å². The number of nitriles is 1. The third kappa shape index (κ3) is 2.31. The topological polar surface area (TPSA) is 83.6 Å². The highest BCUT2D eigenvalue weighted by molar-refractivity contribution is 6.05. The second-order valence-corrected chi connectivity index (χ2v) is 4.13. The number of aromatic nitrogens is 3. The van der Waals surface area contributed by atoms with Crippen LogP contribution in [-0.2, 0) is 7.05 Å². The number of nitrogens with zero attached hydrogens (tertiary/aromatic N) is 4. The van der Waals surface area contributed by atoms with Crippen molar-refractivity contribution in [1.29, 1.82) is 5.26 Å². The van der Waals surface area contributed by atoms with E-state index in [0.29, 0.717) is 16.8 Å². The van der Waals surface area contributed by atoms with Crippen LogP contribution in [0.5, 0.6) is 0 Å². The van der Waals surface area contributed by atoms with Gasteiger partial charge >= 0.3 is 0 Å². The van der Waals surface area contributed by atoms with Gasteiger partial charge in [-0.1, -0.05) is 0 Å². The molecule has 0 unspecified atom stereocenters. The molecule has 96 valence electrons. The standard InChI is InChI=1S/C13H13N5O/c1-8-11(9(2)18(3)17-8)13(19)16-12-10(7-14)5-4-6-15-12/h4-6H,1-3H3,(H,15,16,19). The zero-order valence-corrected chi connectivity index (χ0v) is 10.9. The molecule has 0 bridgehead atoms. The van der Waals surface area contributed by atoms with Gasteiger partial charge in [0, 0.05) is 18.9 Å². The van der Waals surface area contributed by atoms with E-state index in [1.165, 1.54) is 6.20 Å². The second-order valence-electron chi connectivity index (χ2n) is 4.13. The summed E-state index contributed by atoms with van der Waals surface area (Å²) in [7, 11) is 1.78. The minimum absolute atomic E-state index is 0.262. The van der Waals surface area contributed by atoms with Gasteiger partial charge < -0.3 is 5.32 Å². The van der Waals surface area contributed by atoms with Crippen molar-refractivity contribution in [1.82, 2.24) is 14.8 Å². The molecule has 6 nitrogen and oxygen atoms in total. The molecule has 2 rings (SSSR count). The minimum Gasteiger partial charge on any atom is -0.305 e. The molecule has 0 aliphatic heterocycles. The molecule has 0 aliphatic carbocycles. The Hall–Kier alpha value is -2.68. The van der Waals surface area contributed by atoms with Crippen LogP contribution in [0.15, 0.2) is 18.3 Å². The van der Waals surface area contributed by atoms with E-state index in [9.17, 15) is 4.79 Å². The van der Waals surface area contributed by atoms with Gasteiger partial charge in [-0.25, -0.2) is 4.98 Å². The fraction of sp³-hybridized carbons (Fsp3) is 0.231. The Balaban J connectivity index is 2.34. The van der Waals surface area contributed by atoms with Crippen LogP contribution in [0.1, 0.15) is 27.3 Å². The molecule has 0 atom stereocenters. The summed E-state index contributed by atoms with van der Waals surface area (Å²) in [5, 5.41) is 15.8. The first-order chi connectivity index (χ1) is 9.04. The van der Waals surface area contributed by atoms with Crippen molar-refractivity contribution in [3.05, 3.63) is 40.8 Å². The van der Waals surface area contributed by atoms with Crippen molar-refractivity contribution in [2.24, 2.45) is 7.05 Å². The normalized spacial score (nSPS) is 10.0. The molecule has 1 N–H and O–H groups in total. The maximum Gasteiger partial charge on any atom is 0.260 e. The van der Waals surface area contributed by atoms with Gasteiger partial charge in [0.25, 0.3) is 5.91 Å². The van der Waals surface area contributed by atoms with Gasteiger partial charge in [0.15, 0.2) is 5.82 Å². The second kappa shape index (κ2) is 4.90. The average Bonchev–Trinajstić information content (AvgIpc) is 2.64. The van der Waals surface area contributed by atoms with Crippen molar-refractivity contribution in [3.8, 4) is 6.07 Å². The molecule has 2 aromatic rings. The molecule has 19 heavy (non-hydrogen) atoms. The maximum atomic E-state index is 12.2. The quantitative estimate of drug-likeness (QED) is 0.882. The maximum absolute atomic E-state index is 12.2. The summed E-state index contributed by atoms with van der Waals surface area (Å²) in [6, 6.07) is 5.24. The van der Waals surface area contributed by atoms with Gasteiger partial charge in [-0.2, -0.15) is 10.4 Å². The van der Waals surface area contributed by atoms with Gasteiger partial charge in [-0.05, 0) is 26.0 Å². The number of anilines is 1. The summed E-state index contributed by atoms with van der Waals surface area (Å²) < 4.78 is 1.65. The summed E-state index contributed by atoms with van der Waals surface area (Å²) in [6.07, 6.45) is 1.53. The van der Waals surface area contributed by atoms with Crippen LogP contribution in [0, 0.1) is 25.2 Å². The molecule has 2 heterocycles. The molecule has 0 saturated heterocycles. The molecular weight excluding hydrogens is 242 g/mol. The molecule has 6 heteroatoms. The third-order valence-electron chi connectivity index (χ3n) is 2.90. The van der Waals surface area contributed by atoms with Gasteiger partial charge in [-0.15, -0.1) is 0 Å². The Kier molecular flexibility index (Phi) is 3.29. The Morgan fingerprint density at radius 2 is 2.21 bits per heavy atom. The number of pyridine rings is 1. The highest BCUT2D eigenvalue weighted by Crippen LogP contribution is 2.16. The van der Waals surface area contributed by atoms with E-state index < -0.39 is 0 Å². The van der Waals surface area contributed by atoms with Crippen LogP contribution >= 0.6 is 0 Å². The number of carbonyl (C=O) groups excluding carboxylic acids is 1.